The summed E-state index contributed by atoms with van der Waals surface area (Å²) in [5.74, 6) is 0.843. The molecule has 0 bridgehead atoms. The van der Waals surface area contributed by atoms with Crippen LogP contribution < -0.4 is 10.6 Å². The third-order valence-corrected chi connectivity index (χ3v) is 5.31. The van der Waals surface area contributed by atoms with Gasteiger partial charge in [-0.1, -0.05) is 30.5 Å². The smallest absolute Gasteiger partial charge is 0.241 e. The molecule has 0 radical (unpaired) electrons. The van der Waals surface area contributed by atoms with Crippen molar-refractivity contribution in [2.75, 3.05) is 5.32 Å². The molecule has 3 nitrogen and oxygen atoms in total. The van der Waals surface area contributed by atoms with Crippen LogP contribution >= 0.6 is 11.6 Å². The summed E-state index contributed by atoms with van der Waals surface area (Å²) in [5.41, 5.74) is 1.80. The van der Waals surface area contributed by atoms with Crippen LogP contribution in [0.2, 0.25) is 5.02 Å². The van der Waals surface area contributed by atoms with Gasteiger partial charge in [-0.3, -0.25) is 4.79 Å². The predicted molar refractivity (Wildman–Crippen MR) is 86.7 cm³/mol. The van der Waals surface area contributed by atoms with Crippen molar-refractivity contribution in [2.45, 2.75) is 57.5 Å². The van der Waals surface area contributed by atoms with Crippen LogP contribution in [-0.4, -0.2) is 18.0 Å². The zero-order valence-corrected chi connectivity index (χ0v) is 13.2. The van der Waals surface area contributed by atoms with Gasteiger partial charge in [0.15, 0.2) is 0 Å². The molecule has 4 heteroatoms. The molecule has 2 fully saturated rings. The Kier molecular flexibility index (Phi) is 4.51. The number of amides is 1. The standard InChI is InChI=1S/C17H23ClN2O/c1-11-6-8-13(10-14(11)18)19-17(21)16-9-7-12-4-2-3-5-15(12)20-16/h6,8,10,12,15-16,20H,2-5,7,9H2,1H3,(H,19,21). The first-order valence-corrected chi connectivity index (χ1v) is 8.34. The van der Waals surface area contributed by atoms with E-state index in [0.717, 1.165) is 23.6 Å². The highest BCUT2D eigenvalue weighted by molar-refractivity contribution is 6.31. The van der Waals surface area contributed by atoms with Crippen LogP contribution in [0.5, 0.6) is 0 Å². The second-order valence-electron chi connectivity index (χ2n) is 6.40. The highest BCUT2D eigenvalue weighted by atomic mass is 35.5. The molecule has 1 aliphatic carbocycles. The maximum absolute atomic E-state index is 12.4. The first kappa shape index (κ1) is 14.9. The molecule has 3 unspecified atom stereocenters. The fourth-order valence-electron chi connectivity index (χ4n) is 3.60. The molecule has 2 aliphatic rings. The molecule has 21 heavy (non-hydrogen) atoms. The Morgan fingerprint density at radius 2 is 2.05 bits per heavy atom. The Balaban J connectivity index is 1.61. The molecule has 1 saturated carbocycles. The predicted octanol–water partition coefficient (Wildman–Crippen LogP) is 3.90. The topological polar surface area (TPSA) is 41.1 Å². The lowest BCUT2D eigenvalue weighted by molar-refractivity contribution is -0.119. The molecule has 114 valence electrons. The first-order chi connectivity index (χ1) is 10.1. The summed E-state index contributed by atoms with van der Waals surface area (Å²) in [5, 5.41) is 7.24. The summed E-state index contributed by atoms with van der Waals surface area (Å²) in [7, 11) is 0. The van der Waals surface area contributed by atoms with Gasteiger partial charge in [0.1, 0.15) is 0 Å². The van der Waals surface area contributed by atoms with Crippen LogP contribution in [0.4, 0.5) is 5.69 Å². The number of anilines is 1. The largest absolute Gasteiger partial charge is 0.325 e. The van der Waals surface area contributed by atoms with Crippen LogP contribution in [0.3, 0.4) is 0 Å². The van der Waals surface area contributed by atoms with Gasteiger partial charge >= 0.3 is 0 Å². The van der Waals surface area contributed by atoms with Gasteiger partial charge in [0.25, 0.3) is 0 Å². The van der Waals surface area contributed by atoms with Crippen molar-refractivity contribution in [2.24, 2.45) is 5.92 Å². The van der Waals surface area contributed by atoms with Gasteiger partial charge in [-0.05, 0) is 56.2 Å². The molecule has 1 saturated heterocycles. The highest BCUT2D eigenvalue weighted by Gasteiger charge is 2.34. The lowest BCUT2D eigenvalue weighted by Crippen LogP contribution is -2.53. The number of benzene rings is 1. The van der Waals surface area contributed by atoms with Gasteiger partial charge in [0.2, 0.25) is 5.91 Å². The third-order valence-electron chi connectivity index (χ3n) is 4.91. The van der Waals surface area contributed by atoms with Crippen molar-refractivity contribution in [1.82, 2.24) is 5.32 Å². The Morgan fingerprint density at radius 3 is 2.86 bits per heavy atom. The molecule has 1 aliphatic heterocycles. The summed E-state index contributed by atoms with van der Waals surface area (Å²) in [4.78, 5) is 12.4. The van der Waals surface area contributed by atoms with E-state index < -0.39 is 0 Å². The molecule has 2 N–H and O–H groups in total. The molecule has 1 aromatic carbocycles. The minimum atomic E-state index is -0.0653. The lowest BCUT2D eigenvalue weighted by atomic mass is 9.77. The summed E-state index contributed by atoms with van der Waals surface area (Å²) in [6.45, 7) is 1.96. The highest BCUT2D eigenvalue weighted by Crippen LogP contribution is 2.32. The van der Waals surface area contributed by atoms with E-state index >= 15 is 0 Å². The number of carbonyl (C=O) groups is 1. The maximum Gasteiger partial charge on any atom is 0.241 e. The van der Waals surface area contributed by atoms with E-state index in [2.05, 4.69) is 10.6 Å². The number of carbonyl (C=O) groups excluding carboxylic acids is 1. The average molecular weight is 307 g/mol. The minimum Gasteiger partial charge on any atom is -0.325 e. The fraction of sp³-hybridized carbons (Fsp3) is 0.588. The van der Waals surface area contributed by atoms with E-state index in [1.165, 1.54) is 32.1 Å². The van der Waals surface area contributed by atoms with Gasteiger partial charge in [0, 0.05) is 16.8 Å². The van der Waals surface area contributed by atoms with Crippen molar-refractivity contribution >= 4 is 23.2 Å². The van der Waals surface area contributed by atoms with E-state index in [1.54, 1.807) is 0 Å². The number of hydrogen-bond acceptors (Lipinski definition) is 2. The van der Waals surface area contributed by atoms with E-state index in [-0.39, 0.29) is 11.9 Å². The molecular formula is C17H23ClN2O. The lowest BCUT2D eigenvalue weighted by Gasteiger charge is -2.39. The van der Waals surface area contributed by atoms with Gasteiger partial charge in [-0.15, -0.1) is 0 Å². The molecule has 3 atom stereocenters. The zero-order valence-electron chi connectivity index (χ0n) is 12.5. The minimum absolute atomic E-state index is 0.0653. The second-order valence-corrected chi connectivity index (χ2v) is 6.81. The Morgan fingerprint density at radius 1 is 1.24 bits per heavy atom. The number of halogens is 1. The number of piperidine rings is 1. The summed E-state index contributed by atoms with van der Waals surface area (Å²) in [6, 6.07) is 6.13. The van der Waals surface area contributed by atoms with Gasteiger partial charge < -0.3 is 10.6 Å². The number of nitrogens with one attached hydrogen (secondary N) is 2. The van der Waals surface area contributed by atoms with Gasteiger partial charge in [-0.25, -0.2) is 0 Å². The first-order valence-electron chi connectivity index (χ1n) is 7.96. The molecular weight excluding hydrogens is 284 g/mol. The molecule has 1 amide bonds. The van der Waals surface area contributed by atoms with Crippen molar-refractivity contribution in [1.29, 1.82) is 0 Å². The molecule has 1 aromatic rings. The van der Waals surface area contributed by atoms with Crippen LogP contribution in [-0.2, 0) is 4.79 Å². The van der Waals surface area contributed by atoms with Gasteiger partial charge in [-0.2, -0.15) is 0 Å². The zero-order chi connectivity index (χ0) is 14.8. The average Bonchev–Trinajstić information content (AvgIpc) is 2.50. The molecule has 0 aromatic heterocycles. The monoisotopic (exact) mass is 306 g/mol. The number of fused-ring (bicyclic) bond motifs is 1. The number of aryl methyl sites for hydroxylation is 1. The quantitative estimate of drug-likeness (QED) is 0.870. The van der Waals surface area contributed by atoms with Crippen molar-refractivity contribution in [3.8, 4) is 0 Å². The second kappa shape index (κ2) is 6.37. The summed E-state index contributed by atoms with van der Waals surface area (Å²) in [6.07, 6.45) is 7.28. The Labute approximate surface area is 131 Å². The van der Waals surface area contributed by atoms with Crippen LogP contribution in [0.1, 0.15) is 44.1 Å². The van der Waals surface area contributed by atoms with E-state index in [9.17, 15) is 4.79 Å². The molecule has 0 spiro atoms. The SMILES string of the molecule is Cc1ccc(NC(=O)C2CCC3CCCCC3N2)cc1Cl. The van der Waals surface area contributed by atoms with E-state index in [4.69, 9.17) is 11.6 Å². The maximum atomic E-state index is 12.4. The molecule has 3 rings (SSSR count). The van der Waals surface area contributed by atoms with Crippen LogP contribution in [0.25, 0.3) is 0 Å². The van der Waals surface area contributed by atoms with Crippen LogP contribution in [0.15, 0.2) is 18.2 Å². The van der Waals surface area contributed by atoms with Crippen molar-refractivity contribution < 1.29 is 4.79 Å². The fourth-order valence-corrected chi connectivity index (χ4v) is 3.78. The van der Waals surface area contributed by atoms with E-state index in [1.807, 2.05) is 25.1 Å². The van der Waals surface area contributed by atoms with Crippen molar-refractivity contribution in [3.05, 3.63) is 28.8 Å². The van der Waals surface area contributed by atoms with Gasteiger partial charge in [0.05, 0.1) is 6.04 Å². The summed E-state index contributed by atoms with van der Waals surface area (Å²) >= 11 is 6.11. The van der Waals surface area contributed by atoms with E-state index in [0.29, 0.717) is 11.1 Å². The normalized spacial score (nSPS) is 28.8. The Hall–Kier alpha value is -1.06. The number of rotatable bonds is 2. The van der Waals surface area contributed by atoms with Crippen molar-refractivity contribution in [3.63, 3.8) is 0 Å². The van der Waals surface area contributed by atoms with Crippen LogP contribution in [0, 0.1) is 12.8 Å². The Bertz CT molecular complexity index is 532. The molecule has 1 heterocycles. The number of hydrogen-bond donors (Lipinski definition) is 2. The third kappa shape index (κ3) is 3.41. The summed E-state index contributed by atoms with van der Waals surface area (Å²) < 4.78 is 0.